The Balaban J connectivity index is 1.58. The number of carbonyl (C=O) groups is 2. The first-order chi connectivity index (χ1) is 13.6. The molecule has 0 spiro atoms. The van der Waals surface area contributed by atoms with Crippen molar-refractivity contribution < 1.29 is 14.3 Å². The molecule has 0 aliphatic heterocycles. The Morgan fingerprint density at radius 3 is 2.18 bits per heavy atom. The highest BCUT2D eigenvalue weighted by Gasteiger charge is 2.19. The third-order valence-corrected chi connectivity index (χ3v) is 4.41. The average Bonchev–Trinajstić information content (AvgIpc) is 2.74. The monoisotopic (exact) mass is 373 g/mol. The molecule has 0 radical (unpaired) electrons. The second-order valence-electron chi connectivity index (χ2n) is 6.52. The summed E-state index contributed by atoms with van der Waals surface area (Å²) < 4.78 is 5.30. The Bertz CT molecular complexity index is 923. The quantitative estimate of drug-likeness (QED) is 0.602. The van der Waals surface area contributed by atoms with Crippen molar-refractivity contribution in [1.82, 2.24) is 0 Å². The molecule has 0 bridgehead atoms. The van der Waals surface area contributed by atoms with E-state index in [1.165, 1.54) is 0 Å². The Kier molecular flexibility index (Phi) is 6.58. The molecule has 3 rings (SSSR count). The van der Waals surface area contributed by atoms with Crippen LogP contribution in [-0.4, -0.2) is 18.0 Å². The number of hydrogen-bond donors (Lipinski definition) is 1. The fourth-order valence-corrected chi connectivity index (χ4v) is 2.90. The van der Waals surface area contributed by atoms with Crippen LogP contribution in [0.2, 0.25) is 0 Å². The zero-order valence-electron chi connectivity index (χ0n) is 15.8. The Morgan fingerprint density at radius 1 is 0.857 bits per heavy atom. The van der Waals surface area contributed by atoms with E-state index in [0.29, 0.717) is 12.1 Å². The van der Waals surface area contributed by atoms with Crippen molar-refractivity contribution in [2.24, 2.45) is 0 Å². The van der Waals surface area contributed by atoms with Gasteiger partial charge in [0, 0.05) is 17.7 Å². The molecule has 3 aromatic carbocycles. The van der Waals surface area contributed by atoms with Crippen molar-refractivity contribution in [3.8, 4) is 11.1 Å². The van der Waals surface area contributed by atoms with Gasteiger partial charge in [-0.25, -0.2) is 0 Å². The smallest absolute Gasteiger partial charge is 0.306 e. The summed E-state index contributed by atoms with van der Waals surface area (Å²) in [5, 5.41) is 2.87. The van der Waals surface area contributed by atoms with E-state index in [9.17, 15) is 9.59 Å². The molecule has 142 valence electrons. The summed E-state index contributed by atoms with van der Waals surface area (Å²) in [6, 6.07) is 27.1. The second-order valence-corrected chi connectivity index (χ2v) is 6.52. The Morgan fingerprint density at radius 2 is 1.46 bits per heavy atom. The van der Waals surface area contributed by atoms with Crippen LogP contribution in [0.4, 0.5) is 5.69 Å². The molecule has 4 nitrogen and oxygen atoms in total. The molecule has 1 N–H and O–H groups in total. The predicted octanol–water partition coefficient (Wildman–Crippen LogP) is 4.86. The highest BCUT2D eigenvalue weighted by molar-refractivity contribution is 5.98. The third kappa shape index (κ3) is 5.30. The maximum Gasteiger partial charge on any atom is 0.306 e. The maximum absolute atomic E-state index is 12.5. The Hall–Kier alpha value is -3.40. The molecular weight excluding hydrogens is 350 g/mol. The number of anilines is 1. The van der Waals surface area contributed by atoms with Gasteiger partial charge >= 0.3 is 5.97 Å². The van der Waals surface area contributed by atoms with Crippen molar-refractivity contribution >= 4 is 17.6 Å². The topological polar surface area (TPSA) is 55.4 Å². The summed E-state index contributed by atoms with van der Waals surface area (Å²) in [5.74, 6) is -0.737. The van der Waals surface area contributed by atoms with Crippen LogP contribution in [-0.2, 0) is 20.7 Å². The van der Waals surface area contributed by atoms with E-state index in [1.807, 2.05) is 84.9 Å². The lowest BCUT2D eigenvalue weighted by atomic mass is 10.0. The van der Waals surface area contributed by atoms with Crippen LogP contribution in [0.1, 0.15) is 18.9 Å². The molecule has 0 unspecified atom stereocenters. The summed E-state index contributed by atoms with van der Waals surface area (Å²) in [4.78, 5) is 24.6. The fraction of sp³-hybridized carbons (Fsp3) is 0.167. The molecule has 0 saturated heterocycles. The number of hydrogen-bond acceptors (Lipinski definition) is 3. The minimum absolute atomic E-state index is 0.238. The molecule has 0 aromatic heterocycles. The van der Waals surface area contributed by atoms with Crippen LogP contribution in [0, 0.1) is 0 Å². The standard InChI is InChI=1S/C24H23NO3/c1-18(28-23(26)17-16-19-10-4-2-5-11-19)24(27)25-22-15-9-8-14-21(22)20-12-6-3-7-13-20/h2-15,18H,16-17H2,1H3,(H,25,27)/t18-/m1/s1. The van der Waals surface area contributed by atoms with Crippen LogP contribution in [0.5, 0.6) is 0 Å². The highest BCUT2D eigenvalue weighted by Crippen LogP contribution is 2.27. The molecule has 4 heteroatoms. The molecule has 28 heavy (non-hydrogen) atoms. The van der Waals surface area contributed by atoms with Crippen LogP contribution in [0.3, 0.4) is 0 Å². The number of carbonyl (C=O) groups excluding carboxylic acids is 2. The summed E-state index contributed by atoms with van der Waals surface area (Å²) in [6.07, 6.45) is -0.0419. The molecule has 1 atom stereocenters. The van der Waals surface area contributed by atoms with Gasteiger partial charge in [-0.2, -0.15) is 0 Å². The van der Waals surface area contributed by atoms with Gasteiger partial charge in [-0.3, -0.25) is 9.59 Å². The third-order valence-electron chi connectivity index (χ3n) is 4.41. The number of para-hydroxylation sites is 1. The van der Waals surface area contributed by atoms with Gasteiger partial charge in [0.15, 0.2) is 6.10 Å². The highest BCUT2D eigenvalue weighted by atomic mass is 16.5. The number of amides is 1. The molecular formula is C24H23NO3. The first kappa shape index (κ1) is 19.4. The summed E-state index contributed by atoms with van der Waals surface area (Å²) in [6.45, 7) is 1.58. The van der Waals surface area contributed by atoms with Crippen molar-refractivity contribution in [2.45, 2.75) is 25.9 Å². The normalized spacial score (nSPS) is 11.5. The summed E-state index contributed by atoms with van der Waals surface area (Å²) in [5.41, 5.74) is 3.67. The molecule has 0 aliphatic rings. The first-order valence-electron chi connectivity index (χ1n) is 9.32. The molecule has 3 aromatic rings. The summed E-state index contributed by atoms with van der Waals surface area (Å²) in [7, 11) is 0. The van der Waals surface area contributed by atoms with Crippen LogP contribution < -0.4 is 5.32 Å². The molecule has 0 aliphatic carbocycles. The minimum atomic E-state index is -0.868. The van der Waals surface area contributed by atoms with E-state index in [4.69, 9.17) is 4.74 Å². The number of rotatable bonds is 7. The summed E-state index contributed by atoms with van der Waals surface area (Å²) >= 11 is 0. The van der Waals surface area contributed by atoms with Crippen LogP contribution >= 0.6 is 0 Å². The van der Waals surface area contributed by atoms with E-state index in [0.717, 1.165) is 16.7 Å². The number of esters is 1. The van der Waals surface area contributed by atoms with Gasteiger partial charge in [-0.1, -0.05) is 78.9 Å². The second kappa shape index (κ2) is 9.51. The van der Waals surface area contributed by atoms with E-state index in [1.54, 1.807) is 6.92 Å². The van der Waals surface area contributed by atoms with E-state index < -0.39 is 6.10 Å². The molecule has 1 amide bonds. The first-order valence-corrected chi connectivity index (χ1v) is 9.32. The van der Waals surface area contributed by atoms with Gasteiger partial charge in [0.2, 0.25) is 0 Å². The number of aryl methyl sites for hydroxylation is 1. The fourth-order valence-electron chi connectivity index (χ4n) is 2.90. The van der Waals surface area contributed by atoms with Crippen LogP contribution in [0.15, 0.2) is 84.9 Å². The predicted molar refractivity (Wildman–Crippen MR) is 111 cm³/mol. The molecule has 0 fully saturated rings. The molecule has 0 heterocycles. The number of nitrogens with one attached hydrogen (secondary N) is 1. The van der Waals surface area contributed by atoms with Gasteiger partial charge in [0.1, 0.15) is 0 Å². The number of ether oxygens (including phenoxy) is 1. The zero-order chi connectivity index (χ0) is 19.8. The average molecular weight is 373 g/mol. The lowest BCUT2D eigenvalue weighted by Gasteiger charge is -2.16. The van der Waals surface area contributed by atoms with Gasteiger partial charge in [-0.05, 0) is 30.5 Å². The largest absolute Gasteiger partial charge is 0.453 e. The van der Waals surface area contributed by atoms with Crippen molar-refractivity contribution in [1.29, 1.82) is 0 Å². The van der Waals surface area contributed by atoms with Crippen molar-refractivity contribution in [3.05, 3.63) is 90.5 Å². The van der Waals surface area contributed by atoms with E-state index >= 15 is 0 Å². The van der Waals surface area contributed by atoms with Gasteiger partial charge < -0.3 is 10.1 Å². The van der Waals surface area contributed by atoms with E-state index in [-0.39, 0.29) is 18.3 Å². The minimum Gasteiger partial charge on any atom is -0.453 e. The maximum atomic E-state index is 12.5. The van der Waals surface area contributed by atoms with E-state index in [2.05, 4.69) is 5.32 Å². The lowest BCUT2D eigenvalue weighted by molar-refractivity contribution is -0.153. The van der Waals surface area contributed by atoms with Crippen molar-refractivity contribution in [3.63, 3.8) is 0 Å². The van der Waals surface area contributed by atoms with Crippen molar-refractivity contribution in [2.75, 3.05) is 5.32 Å². The Labute approximate surface area is 165 Å². The molecule has 0 saturated carbocycles. The number of benzene rings is 3. The van der Waals surface area contributed by atoms with Gasteiger partial charge in [-0.15, -0.1) is 0 Å². The zero-order valence-corrected chi connectivity index (χ0v) is 15.8. The van der Waals surface area contributed by atoms with Crippen LogP contribution in [0.25, 0.3) is 11.1 Å². The lowest BCUT2D eigenvalue weighted by Crippen LogP contribution is -2.30. The van der Waals surface area contributed by atoms with Gasteiger partial charge in [0.25, 0.3) is 5.91 Å². The SMILES string of the molecule is C[C@@H](OC(=O)CCc1ccccc1)C(=O)Nc1ccccc1-c1ccccc1. The van der Waals surface area contributed by atoms with Gasteiger partial charge in [0.05, 0.1) is 0 Å².